The van der Waals surface area contributed by atoms with Gasteiger partial charge >= 0.3 is 0 Å². The lowest BCUT2D eigenvalue weighted by molar-refractivity contribution is -0.118. The first-order valence-electron chi connectivity index (χ1n) is 5.21. The van der Waals surface area contributed by atoms with Crippen LogP contribution in [-0.4, -0.2) is 25.9 Å². The molecule has 0 unspecified atom stereocenters. The van der Waals surface area contributed by atoms with E-state index in [2.05, 4.69) is 0 Å². The van der Waals surface area contributed by atoms with E-state index in [1.807, 2.05) is 0 Å². The van der Waals surface area contributed by atoms with Crippen LogP contribution in [0, 0.1) is 0 Å². The monoisotopic (exact) mass is 237 g/mol. The minimum Gasteiger partial charge on any atom is -0.496 e. The fraction of sp³-hybridized carbons (Fsp3) is 0.333. The lowest BCUT2D eigenvalue weighted by atomic mass is 10.2. The second kappa shape index (κ2) is 6.52. The minimum atomic E-state index is -0.345. The molecule has 0 bridgehead atoms. The van der Waals surface area contributed by atoms with Crippen molar-refractivity contribution in [1.29, 1.82) is 0 Å². The molecule has 1 aromatic carbocycles. The van der Waals surface area contributed by atoms with E-state index in [0.29, 0.717) is 36.5 Å². The third kappa shape index (κ3) is 4.14. The quantitative estimate of drug-likeness (QED) is 0.570. The maximum Gasteiger partial charge on any atom is 0.217 e. The standard InChI is InChI=1S/C12H15NO4/c1-16-11-7-10(5-4-9(11)8-14)17-6-2-3-12(13)15/h4-5,7-8H,2-3,6H2,1H3,(H2,13,15). The van der Waals surface area contributed by atoms with Gasteiger partial charge in [-0.2, -0.15) is 0 Å². The first-order chi connectivity index (χ1) is 8.17. The highest BCUT2D eigenvalue weighted by Gasteiger charge is 2.04. The van der Waals surface area contributed by atoms with Crippen LogP contribution >= 0.6 is 0 Å². The van der Waals surface area contributed by atoms with Crippen molar-refractivity contribution in [3.05, 3.63) is 23.8 Å². The van der Waals surface area contributed by atoms with Crippen molar-refractivity contribution < 1.29 is 19.1 Å². The van der Waals surface area contributed by atoms with Gasteiger partial charge in [-0.1, -0.05) is 0 Å². The average Bonchev–Trinajstić information content (AvgIpc) is 2.34. The molecule has 0 aliphatic carbocycles. The summed E-state index contributed by atoms with van der Waals surface area (Å²) in [4.78, 5) is 21.2. The molecule has 0 aliphatic rings. The number of carbonyl (C=O) groups excluding carboxylic acids is 2. The van der Waals surface area contributed by atoms with Gasteiger partial charge in [0, 0.05) is 12.5 Å². The third-order valence-electron chi connectivity index (χ3n) is 2.17. The van der Waals surface area contributed by atoms with Gasteiger partial charge in [0.25, 0.3) is 0 Å². The minimum absolute atomic E-state index is 0.295. The molecule has 0 saturated carbocycles. The Morgan fingerprint density at radius 3 is 2.82 bits per heavy atom. The number of carbonyl (C=O) groups is 2. The van der Waals surface area contributed by atoms with Crippen LogP contribution in [0.3, 0.4) is 0 Å². The van der Waals surface area contributed by atoms with Crippen LogP contribution in [0.25, 0.3) is 0 Å². The normalized spacial score (nSPS) is 9.71. The van der Waals surface area contributed by atoms with Crippen molar-refractivity contribution in [2.24, 2.45) is 5.73 Å². The molecule has 0 heterocycles. The van der Waals surface area contributed by atoms with Crippen LogP contribution < -0.4 is 15.2 Å². The predicted octanol–water partition coefficient (Wildman–Crippen LogP) is 1.15. The zero-order valence-corrected chi connectivity index (χ0v) is 9.64. The van der Waals surface area contributed by atoms with E-state index in [1.165, 1.54) is 7.11 Å². The number of hydrogen-bond donors (Lipinski definition) is 1. The summed E-state index contributed by atoms with van der Waals surface area (Å²) < 4.78 is 10.4. The van der Waals surface area contributed by atoms with Crippen LogP contribution in [0.15, 0.2) is 18.2 Å². The number of rotatable bonds is 7. The van der Waals surface area contributed by atoms with Gasteiger partial charge in [0.05, 0.1) is 19.3 Å². The zero-order valence-electron chi connectivity index (χ0n) is 9.64. The van der Waals surface area contributed by atoms with Crippen molar-refractivity contribution in [3.63, 3.8) is 0 Å². The van der Waals surface area contributed by atoms with Gasteiger partial charge in [0.15, 0.2) is 6.29 Å². The van der Waals surface area contributed by atoms with E-state index < -0.39 is 0 Å². The molecule has 17 heavy (non-hydrogen) atoms. The second-order valence-electron chi connectivity index (χ2n) is 3.44. The first-order valence-corrected chi connectivity index (χ1v) is 5.21. The fourth-order valence-electron chi connectivity index (χ4n) is 1.32. The molecule has 1 amide bonds. The first kappa shape index (κ1) is 13.0. The molecule has 92 valence electrons. The summed E-state index contributed by atoms with van der Waals surface area (Å²) in [5.74, 6) is 0.715. The molecule has 0 aliphatic heterocycles. The number of primary amides is 1. The number of benzene rings is 1. The number of amides is 1. The smallest absolute Gasteiger partial charge is 0.217 e. The molecule has 2 N–H and O–H groups in total. The Morgan fingerprint density at radius 2 is 2.24 bits per heavy atom. The van der Waals surface area contributed by atoms with Gasteiger partial charge in [0.1, 0.15) is 11.5 Å². The topological polar surface area (TPSA) is 78.6 Å². The molecular formula is C12H15NO4. The van der Waals surface area contributed by atoms with Crippen LogP contribution in [0.2, 0.25) is 0 Å². The second-order valence-corrected chi connectivity index (χ2v) is 3.44. The van der Waals surface area contributed by atoms with E-state index in [1.54, 1.807) is 18.2 Å². The van der Waals surface area contributed by atoms with Crippen LogP contribution in [0.5, 0.6) is 11.5 Å². The van der Waals surface area contributed by atoms with Crippen molar-refractivity contribution >= 4 is 12.2 Å². The van der Waals surface area contributed by atoms with E-state index >= 15 is 0 Å². The van der Waals surface area contributed by atoms with Crippen LogP contribution in [0.4, 0.5) is 0 Å². The third-order valence-corrected chi connectivity index (χ3v) is 2.17. The summed E-state index contributed by atoms with van der Waals surface area (Å²) in [6.07, 6.45) is 1.58. The zero-order chi connectivity index (χ0) is 12.7. The van der Waals surface area contributed by atoms with Gasteiger partial charge in [-0.25, -0.2) is 0 Å². The molecule has 5 nitrogen and oxygen atoms in total. The Bertz CT molecular complexity index is 403. The Hall–Kier alpha value is -2.04. The molecular weight excluding hydrogens is 222 g/mol. The van der Waals surface area contributed by atoms with Crippen molar-refractivity contribution in [2.45, 2.75) is 12.8 Å². The number of hydrogen-bond acceptors (Lipinski definition) is 4. The fourth-order valence-corrected chi connectivity index (χ4v) is 1.32. The number of nitrogens with two attached hydrogens (primary N) is 1. The summed E-state index contributed by atoms with van der Waals surface area (Å²) in [5, 5.41) is 0. The summed E-state index contributed by atoms with van der Waals surface area (Å²) in [6.45, 7) is 0.395. The van der Waals surface area contributed by atoms with Gasteiger partial charge in [0.2, 0.25) is 5.91 Å². The van der Waals surface area contributed by atoms with E-state index in [4.69, 9.17) is 15.2 Å². The Morgan fingerprint density at radius 1 is 1.47 bits per heavy atom. The Kier molecular flexibility index (Phi) is 5.00. The highest BCUT2D eigenvalue weighted by Crippen LogP contribution is 2.23. The van der Waals surface area contributed by atoms with E-state index in [0.717, 1.165) is 6.29 Å². The maximum absolute atomic E-state index is 10.7. The molecule has 0 atom stereocenters. The Labute approximate surface area is 99.5 Å². The highest BCUT2D eigenvalue weighted by atomic mass is 16.5. The Balaban J connectivity index is 2.54. The van der Waals surface area contributed by atoms with Gasteiger partial charge in [-0.3, -0.25) is 9.59 Å². The molecule has 0 aromatic heterocycles. The van der Waals surface area contributed by atoms with Crippen LogP contribution in [-0.2, 0) is 4.79 Å². The summed E-state index contributed by atoms with van der Waals surface area (Å²) >= 11 is 0. The van der Waals surface area contributed by atoms with Gasteiger partial charge in [-0.05, 0) is 18.6 Å². The van der Waals surface area contributed by atoms with Gasteiger partial charge < -0.3 is 15.2 Å². The number of aldehydes is 1. The number of methoxy groups -OCH3 is 1. The summed E-state index contributed by atoms with van der Waals surface area (Å²) in [5.41, 5.74) is 5.47. The van der Waals surface area contributed by atoms with E-state index in [-0.39, 0.29) is 5.91 Å². The molecule has 0 spiro atoms. The molecule has 0 fully saturated rings. The summed E-state index contributed by atoms with van der Waals surface area (Å²) in [6, 6.07) is 4.93. The van der Waals surface area contributed by atoms with Crippen molar-refractivity contribution in [3.8, 4) is 11.5 Å². The van der Waals surface area contributed by atoms with E-state index in [9.17, 15) is 9.59 Å². The van der Waals surface area contributed by atoms with Gasteiger partial charge in [-0.15, -0.1) is 0 Å². The summed E-state index contributed by atoms with van der Waals surface area (Å²) in [7, 11) is 1.49. The largest absolute Gasteiger partial charge is 0.496 e. The molecule has 0 radical (unpaired) electrons. The molecule has 1 aromatic rings. The van der Waals surface area contributed by atoms with Crippen LogP contribution in [0.1, 0.15) is 23.2 Å². The average molecular weight is 237 g/mol. The highest BCUT2D eigenvalue weighted by molar-refractivity contribution is 5.79. The molecule has 0 saturated heterocycles. The SMILES string of the molecule is COc1cc(OCCCC(N)=O)ccc1C=O. The molecule has 5 heteroatoms. The molecule has 1 rings (SSSR count). The number of ether oxygens (including phenoxy) is 2. The lowest BCUT2D eigenvalue weighted by Crippen LogP contribution is -2.11. The predicted molar refractivity (Wildman–Crippen MR) is 62.3 cm³/mol. The maximum atomic E-state index is 10.7. The lowest BCUT2D eigenvalue weighted by Gasteiger charge is -2.08. The van der Waals surface area contributed by atoms with Crippen molar-refractivity contribution in [1.82, 2.24) is 0 Å². The van der Waals surface area contributed by atoms with Crippen molar-refractivity contribution in [2.75, 3.05) is 13.7 Å².